The minimum atomic E-state index is -1.67. The monoisotopic (exact) mass is 912 g/mol. The number of hydrogen-bond donors (Lipinski definition) is 8. The van der Waals surface area contributed by atoms with Gasteiger partial charge in [-0.15, -0.1) is 0 Å². The van der Waals surface area contributed by atoms with Gasteiger partial charge in [0.05, 0.1) is 25.4 Å². The van der Waals surface area contributed by atoms with Gasteiger partial charge >= 0.3 is 0 Å². The number of ether oxygens (including phenoxy) is 2. The fourth-order valence-corrected chi connectivity index (χ4v) is 8.55. The molecule has 11 heteroatoms. The van der Waals surface area contributed by atoms with Crippen LogP contribution in [0.25, 0.3) is 0 Å². The second kappa shape index (κ2) is 42.9. The van der Waals surface area contributed by atoms with Gasteiger partial charge < -0.3 is 50.5 Å². The predicted octanol–water partition coefficient (Wildman–Crippen LogP) is 10.2. The van der Waals surface area contributed by atoms with Crippen LogP contribution in [0, 0.1) is 0 Å². The van der Waals surface area contributed by atoms with Gasteiger partial charge in [-0.3, -0.25) is 4.79 Å². The van der Waals surface area contributed by atoms with E-state index in [9.17, 15) is 40.5 Å². The fraction of sp³-hybridized carbons (Fsp3) is 0.906. The first-order chi connectivity index (χ1) is 31.2. The number of nitrogens with one attached hydrogen (secondary N) is 1. The Hall–Kier alpha value is -1.41. The number of allylic oxidation sites excluding steroid dienone is 4. The molecule has 0 saturated carbocycles. The number of aliphatic hydroxyl groups is 7. The van der Waals surface area contributed by atoms with Crippen LogP contribution in [0.3, 0.4) is 0 Å². The van der Waals surface area contributed by atoms with Crippen molar-refractivity contribution in [1.82, 2.24) is 5.32 Å². The highest BCUT2D eigenvalue weighted by Gasteiger charge is 2.44. The zero-order chi connectivity index (χ0) is 46.9. The normalized spacial score (nSPS) is 21.2. The number of rotatable bonds is 45. The van der Waals surface area contributed by atoms with Gasteiger partial charge in [0, 0.05) is 0 Å². The molecule has 1 aliphatic rings. The van der Waals surface area contributed by atoms with Gasteiger partial charge in [-0.25, -0.2) is 0 Å². The van der Waals surface area contributed by atoms with Crippen molar-refractivity contribution >= 4 is 5.91 Å². The molecule has 0 radical (unpaired) electrons. The van der Waals surface area contributed by atoms with Gasteiger partial charge in [0.2, 0.25) is 5.91 Å². The summed E-state index contributed by atoms with van der Waals surface area (Å²) < 4.78 is 11.1. The van der Waals surface area contributed by atoms with Gasteiger partial charge in [0.1, 0.15) is 36.6 Å². The standard InChI is InChI=1S/C53H101NO10/c1-3-5-7-9-11-13-15-17-19-20-21-22-23-24-25-27-28-30-32-34-36-38-40-45(56)48(58)44(43-63-53-51(61)50(60)49(59)47(42-55)64-53)54-52(62)46(57)41-39-37-35-33-31-29-26-18-16-14-12-10-8-6-4-2/h26,29,32,34,44-51,53,55-61H,3-25,27-28,30-31,33,35-43H2,1-2H3,(H,54,62)/b29-26-,34-32+. The van der Waals surface area contributed by atoms with Crippen molar-refractivity contribution in [2.75, 3.05) is 13.2 Å². The lowest BCUT2D eigenvalue weighted by atomic mass is 9.98. The van der Waals surface area contributed by atoms with E-state index in [2.05, 4.69) is 43.5 Å². The lowest BCUT2D eigenvalue weighted by Gasteiger charge is -2.40. The third kappa shape index (κ3) is 31.5. The lowest BCUT2D eigenvalue weighted by Crippen LogP contribution is -2.60. The highest BCUT2D eigenvalue weighted by atomic mass is 16.7. The Labute approximate surface area is 391 Å². The van der Waals surface area contributed by atoms with Crippen LogP contribution in [-0.2, 0) is 14.3 Å². The Morgan fingerprint density at radius 3 is 1.34 bits per heavy atom. The molecule has 0 bridgehead atoms. The van der Waals surface area contributed by atoms with Gasteiger partial charge in [0.15, 0.2) is 6.29 Å². The van der Waals surface area contributed by atoms with Gasteiger partial charge in [-0.1, -0.05) is 199 Å². The number of aliphatic hydroxyl groups excluding tert-OH is 7. The summed E-state index contributed by atoms with van der Waals surface area (Å²) in [5.74, 6) is -0.714. The molecule has 1 saturated heterocycles. The van der Waals surface area contributed by atoms with Crippen LogP contribution >= 0.6 is 0 Å². The first kappa shape index (κ1) is 60.6. The van der Waals surface area contributed by atoms with Crippen LogP contribution in [0.15, 0.2) is 24.3 Å². The molecule has 1 rings (SSSR count). The van der Waals surface area contributed by atoms with Crippen molar-refractivity contribution in [3.63, 3.8) is 0 Å². The topological polar surface area (TPSA) is 189 Å². The average Bonchev–Trinajstić information content (AvgIpc) is 3.29. The maximum Gasteiger partial charge on any atom is 0.249 e. The van der Waals surface area contributed by atoms with Crippen molar-refractivity contribution in [2.45, 2.75) is 294 Å². The quantitative estimate of drug-likeness (QED) is 0.0216. The summed E-state index contributed by atoms with van der Waals surface area (Å²) in [6, 6.07) is -1.19. The summed E-state index contributed by atoms with van der Waals surface area (Å²) in [5, 5.41) is 75.9. The van der Waals surface area contributed by atoms with Crippen molar-refractivity contribution in [1.29, 1.82) is 0 Å². The van der Waals surface area contributed by atoms with E-state index in [1.807, 2.05) is 0 Å². The van der Waals surface area contributed by atoms with Gasteiger partial charge in [-0.05, 0) is 64.2 Å². The summed E-state index contributed by atoms with van der Waals surface area (Å²) in [4.78, 5) is 13.1. The van der Waals surface area contributed by atoms with E-state index in [0.29, 0.717) is 12.8 Å². The average molecular weight is 912 g/mol. The van der Waals surface area contributed by atoms with Crippen LogP contribution in [0.2, 0.25) is 0 Å². The molecule has 1 aliphatic heterocycles. The minimum absolute atomic E-state index is 0.241. The van der Waals surface area contributed by atoms with Gasteiger partial charge in [0.25, 0.3) is 0 Å². The number of amides is 1. The van der Waals surface area contributed by atoms with E-state index in [4.69, 9.17) is 9.47 Å². The maximum atomic E-state index is 13.1. The van der Waals surface area contributed by atoms with Gasteiger partial charge in [-0.2, -0.15) is 0 Å². The number of carbonyl (C=O) groups excluding carboxylic acids is 1. The van der Waals surface area contributed by atoms with Crippen molar-refractivity contribution < 1.29 is 50.0 Å². The third-order valence-electron chi connectivity index (χ3n) is 13.0. The van der Waals surface area contributed by atoms with E-state index in [1.54, 1.807) is 0 Å². The highest BCUT2D eigenvalue weighted by molar-refractivity contribution is 5.80. The van der Waals surface area contributed by atoms with E-state index < -0.39 is 74.2 Å². The first-order valence-electron chi connectivity index (χ1n) is 26.7. The van der Waals surface area contributed by atoms with Crippen molar-refractivity contribution in [2.24, 2.45) is 0 Å². The third-order valence-corrected chi connectivity index (χ3v) is 13.0. The van der Waals surface area contributed by atoms with E-state index in [0.717, 1.165) is 51.4 Å². The molecule has 8 N–H and O–H groups in total. The molecule has 1 heterocycles. The molecule has 378 valence electrons. The summed E-state index contributed by atoms with van der Waals surface area (Å²) in [6.07, 6.45) is 38.0. The summed E-state index contributed by atoms with van der Waals surface area (Å²) >= 11 is 0. The number of unbranched alkanes of at least 4 members (excludes halogenated alkanes) is 29. The Balaban J connectivity index is 2.38. The minimum Gasteiger partial charge on any atom is -0.394 e. The second-order valence-corrected chi connectivity index (χ2v) is 18.9. The van der Waals surface area contributed by atoms with E-state index in [-0.39, 0.29) is 12.8 Å². The van der Waals surface area contributed by atoms with Crippen molar-refractivity contribution in [3.05, 3.63) is 24.3 Å². The molecule has 9 unspecified atom stereocenters. The smallest absolute Gasteiger partial charge is 0.249 e. The SMILES string of the molecule is CCCCCCCCC/C=C\CCCCCCC(O)C(=O)NC(COC1OC(CO)C(O)C(O)C1O)C(O)C(O)CCC/C=C/CCCCCCCCCCCCCCCCCCC. The molecule has 9 atom stereocenters. The molecular weight excluding hydrogens is 811 g/mol. The molecule has 11 nitrogen and oxygen atoms in total. The van der Waals surface area contributed by atoms with Crippen LogP contribution in [0.1, 0.15) is 239 Å². The molecule has 0 aromatic carbocycles. The second-order valence-electron chi connectivity index (χ2n) is 18.9. The Kier molecular flexibility index (Phi) is 40.6. The molecule has 64 heavy (non-hydrogen) atoms. The van der Waals surface area contributed by atoms with Crippen LogP contribution in [0.4, 0.5) is 0 Å². The Morgan fingerprint density at radius 2 is 0.922 bits per heavy atom. The first-order valence-corrected chi connectivity index (χ1v) is 26.7. The van der Waals surface area contributed by atoms with Crippen LogP contribution in [-0.4, -0.2) is 110 Å². The number of carbonyl (C=O) groups is 1. The summed E-state index contributed by atoms with van der Waals surface area (Å²) in [6.45, 7) is 3.44. The lowest BCUT2D eigenvalue weighted by molar-refractivity contribution is -0.303. The largest absolute Gasteiger partial charge is 0.394 e. The Bertz CT molecular complexity index is 1090. The van der Waals surface area contributed by atoms with Crippen molar-refractivity contribution in [3.8, 4) is 0 Å². The zero-order valence-corrected chi connectivity index (χ0v) is 41.0. The summed E-state index contributed by atoms with van der Waals surface area (Å²) in [7, 11) is 0. The highest BCUT2D eigenvalue weighted by Crippen LogP contribution is 2.23. The molecule has 0 aromatic heterocycles. The fourth-order valence-electron chi connectivity index (χ4n) is 8.55. The zero-order valence-electron chi connectivity index (χ0n) is 41.0. The van der Waals surface area contributed by atoms with Crippen LogP contribution in [0.5, 0.6) is 0 Å². The van der Waals surface area contributed by atoms with E-state index >= 15 is 0 Å². The maximum absolute atomic E-state index is 13.1. The molecule has 0 aliphatic carbocycles. The molecule has 0 spiro atoms. The molecule has 1 amide bonds. The molecule has 1 fully saturated rings. The predicted molar refractivity (Wildman–Crippen MR) is 261 cm³/mol. The summed E-state index contributed by atoms with van der Waals surface area (Å²) in [5.41, 5.74) is 0. The molecule has 0 aromatic rings. The Morgan fingerprint density at radius 1 is 0.531 bits per heavy atom. The van der Waals surface area contributed by atoms with Crippen LogP contribution < -0.4 is 5.32 Å². The number of hydrogen-bond acceptors (Lipinski definition) is 10. The van der Waals surface area contributed by atoms with E-state index in [1.165, 1.54) is 148 Å². The molecular formula is C53H101NO10.